The summed E-state index contributed by atoms with van der Waals surface area (Å²) in [6.07, 6.45) is 7.97. The maximum Gasteiger partial charge on any atom is 0.00727 e. The van der Waals surface area contributed by atoms with Gasteiger partial charge in [-0.2, -0.15) is 0 Å². The Morgan fingerprint density at radius 3 is 2.44 bits per heavy atom. The van der Waals surface area contributed by atoms with Crippen molar-refractivity contribution in [2.24, 2.45) is 0 Å². The van der Waals surface area contributed by atoms with Crippen LogP contribution >= 0.6 is 0 Å². The summed E-state index contributed by atoms with van der Waals surface area (Å²) in [6, 6.07) is 10.1. The highest BCUT2D eigenvalue weighted by Gasteiger charge is 2.20. The van der Waals surface area contributed by atoms with Gasteiger partial charge in [0.1, 0.15) is 0 Å². The second-order valence-electron chi connectivity index (χ2n) is 5.57. The molecule has 18 heavy (non-hydrogen) atoms. The third-order valence-corrected chi connectivity index (χ3v) is 4.28. The number of nitrogens with one attached hydrogen (secondary N) is 1. The molecule has 2 rings (SSSR count). The van der Waals surface area contributed by atoms with E-state index in [1.165, 1.54) is 37.7 Å². The summed E-state index contributed by atoms with van der Waals surface area (Å²) < 4.78 is 0. The predicted octanol–water partition coefficient (Wildman–Crippen LogP) is 4.27. The van der Waals surface area contributed by atoms with Crippen LogP contribution in [0.3, 0.4) is 0 Å². The first-order chi connectivity index (χ1) is 8.83. The SMILES string of the molecule is CCNC1CCCCC(c2ccc(CC)cc2)C1. The maximum absolute atomic E-state index is 3.65. The highest BCUT2D eigenvalue weighted by molar-refractivity contribution is 5.25. The molecule has 2 unspecified atom stereocenters. The van der Waals surface area contributed by atoms with E-state index in [2.05, 4.69) is 43.4 Å². The average Bonchev–Trinajstić information content (AvgIpc) is 2.65. The quantitative estimate of drug-likeness (QED) is 0.781. The van der Waals surface area contributed by atoms with Gasteiger partial charge in [-0.25, -0.2) is 0 Å². The van der Waals surface area contributed by atoms with Gasteiger partial charge in [0.2, 0.25) is 0 Å². The van der Waals surface area contributed by atoms with Gasteiger partial charge < -0.3 is 5.32 Å². The van der Waals surface area contributed by atoms with Crippen molar-refractivity contribution in [3.63, 3.8) is 0 Å². The van der Waals surface area contributed by atoms with E-state index in [0.29, 0.717) is 0 Å². The molecule has 0 heterocycles. The van der Waals surface area contributed by atoms with E-state index in [-0.39, 0.29) is 0 Å². The first kappa shape index (κ1) is 13.6. The lowest BCUT2D eigenvalue weighted by Crippen LogP contribution is -2.29. The predicted molar refractivity (Wildman–Crippen MR) is 79.1 cm³/mol. The Kier molecular flexibility index (Phi) is 5.25. The Balaban J connectivity index is 2.04. The minimum absolute atomic E-state index is 0.730. The zero-order chi connectivity index (χ0) is 12.8. The number of hydrogen-bond donors (Lipinski definition) is 1. The maximum atomic E-state index is 3.65. The lowest BCUT2D eigenvalue weighted by atomic mass is 9.89. The van der Waals surface area contributed by atoms with E-state index in [4.69, 9.17) is 0 Å². The van der Waals surface area contributed by atoms with E-state index in [1.54, 1.807) is 5.56 Å². The molecule has 1 aromatic rings. The second-order valence-corrected chi connectivity index (χ2v) is 5.57. The zero-order valence-electron chi connectivity index (χ0n) is 11.9. The number of aryl methyl sites for hydroxylation is 1. The highest BCUT2D eigenvalue weighted by Crippen LogP contribution is 2.31. The van der Waals surface area contributed by atoms with Crippen molar-refractivity contribution in [1.82, 2.24) is 5.32 Å². The summed E-state index contributed by atoms with van der Waals surface area (Å²) >= 11 is 0. The third kappa shape index (κ3) is 3.58. The molecule has 1 heteroatoms. The van der Waals surface area contributed by atoms with Crippen LogP contribution in [-0.2, 0) is 6.42 Å². The first-order valence-electron chi connectivity index (χ1n) is 7.65. The van der Waals surface area contributed by atoms with Crippen LogP contribution in [0.15, 0.2) is 24.3 Å². The number of hydrogen-bond acceptors (Lipinski definition) is 1. The van der Waals surface area contributed by atoms with Gasteiger partial charge in [-0.15, -0.1) is 0 Å². The van der Waals surface area contributed by atoms with Gasteiger partial charge in [0.15, 0.2) is 0 Å². The van der Waals surface area contributed by atoms with Crippen molar-refractivity contribution in [3.8, 4) is 0 Å². The molecule has 1 aliphatic rings. The molecular formula is C17H27N. The Hall–Kier alpha value is -0.820. The first-order valence-corrected chi connectivity index (χ1v) is 7.65. The summed E-state index contributed by atoms with van der Waals surface area (Å²) in [5.41, 5.74) is 3.01. The van der Waals surface area contributed by atoms with Crippen LogP contribution in [-0.4, -0.2) is 12.6 Å². The molecule has 0 amide bonds. The second kappa shape index (κ2) is 6.94. The summed E-state index contributed by atoms with van der Waals surface area (Å²) in [7, 11) is 0. The minimum Gasteiger partial charge on any atom is -0.314 e. The van der Waals surface area contributed by atoms with Crippen LogP contribution in [0.5, 0.6) is 0 Å². The molecule has 0 aliphatic heterocycles. The fourth-order valence-electron chi connectivity index (χ4n) is 3.16. The van der Waals surface area contributed by atoms with Crippen LogP contribution in [0.2, 0.25) is 0 Å². The largest absolute Gasteiger partial charge is 0.314 e. The van der Waals surface area contributed by atoms with Crippen LogP contribution < -0.4 is 5.32 Å². The molecule has 1 fully saturated rings. The minimum atomic E-state index is 0.730. The Morgan fingerprint density at radius 2 is 1.78 bits per heavy atom. The van der Waals surface area contributed by atoms with Gasteiger partial charge in [0.25, 0.3) is 0 Å². The molecule has 1 N–H and O–H groups in total. The molecule has 1 aromatic carbocycles. The Labute approximate surface area is 112 Å². The van der Waals surface area contributed by atoms with Crippen molar-refractivity contribution in [1.29, 1.82) is 0 Å². The number of rotatable bonds is 4. The van der Waals surface area contributed by atoms with Gasteiger partial charge >= 0.3 is 0 Å². The van der Waals surface area contributed by atoms with Gasteiger partial charge in [0, 0.05) is 6.04 Å². The standard InChI is InChI=1S/C17H27N/c1-3-14-9-11-15(12-10-14)16-7-5-6-8-17(13-16)18-4-2/h9-12,16-18H,3-8,13H2,1-2H3. The summed E-state index contributed by atoms with van der Waals surface area (Å²) in [4.78, 5) is 0. The monoisotopic (exact) mass is 245 g/mol. The molecule has 1 aliphatic carbocycles. The Morgan fingerprint density at radius 1 is 1.06 bits per heavy atom. The van der Waals surface area contributed by atoms with Crippen molar-refractivity contribution in [2.45, 2.75) is 64.3 Å². The highest BCUT2D eigenvalue weighted by atomic mass is 14.9. The topological polar surface area (TPSA) is 12.0 Å². The lowest BCUT2D eigenvalue weighted by molar-refractivity contribution is 0.449. The van der Waals surface area contributed by atoms with Crippen LogP contribution in [0.1, 0.15) is 63.0 Å². The lowest BCUT2D eigenvalue weighted by Gasteiger charge is -2.21. The smallest absolute Gasteiger partial charge is 0.00727 e. The van der Waals surface area contributed by atoms with E-state index in [9.17, 15) is 0 Å². The Bertz CT molecular complexity index is 341. The molecule has 0 spiro atoms. The fourth-order valence-corrected chi connectivity index (χ4v) is 3.16. The van der Waals surface area contributed by atoms with Gasteiger partial charge in [-0.3, -0.25) is 0 Å². The van der Waals surface area contributed by atoms with Gasteiger partial charge in [-0.1, -0.05) is 51.0 Å². The van der Waals surface area contributed by atoms with Gasteiger partial charge in [0.05, 0.1) is 0 Å². The molecular weight excluding hydrogens is 218 g/mol. The molecule has 0 bridgehead atoms. The summed E-state index contributed by atoms with van der Waals surface area (Å²) in [6.45, 7) is 5.55. The van der Waals surface area contributed by atoms with Crippen LogP contribution in [0.4, 0.5) is 0 Å². The van der Waals surface area contributed by atoms with Crippen molar-refractivity contribution >= 4 is 0 Å². The zero-order valence-corrected chi connectivity index (χ0v) is 11.9. The van der Waals surface area contributed by atoms with Gasteiger partial charge in [-0.05, 0) is 49.3 Å². The van der Waals surface area contributed by atoms with Crippen molar-refractivity contribution in [2.75, 3.05) is 6.54 Å². The summed E-state index contributed by atoms with van der Waals surface area (Å²) in [5.74, 6) is 0.766. The van der Waals surface area contributed by atoms with E-state index < -0.39 is 0 Å². The van der Waals surface area contributed by atoms with E-state index in [0.717, 1.165) is 24.9 Å². The molecule has 2 atom stereocenters. The average molecular weight is 245 g/mol. The molecule has 1 saturated carbocycles. The summed E-state index contributed by atoms with van der Waals surface area (Å²) in [5, 5.41) is 3.65. The molecule has 0 saturated heterocycles. The molecule has 100 valence electrons. The third-order valence-electron chi connectivity index (χ3n) is 4.28. The molecule has 0 aromatic heterocycles. The molecule has 1 nitrogen and oxygen atoms in total. The van der Waals surface area contributed by atoms with Crippen LogP contribution in [0.25, 0.3) is 0 Å². The normalized spacial score (nSPS) is 24.8. The number of benzene rings is 1. The fraction of sp³-hybridized carbons (Fsp3) is 0.647. The van der Waals surface area contributed by atoms with Crippen molar-refractivity contribution in [3.05, 3.63) is 35.4 Å². The van der Waals surface area contributed by atoms with Crippen molar-refractivity contribution < 1.29 is 0 Å². The van der Waals surface area contributed by atoms with Crippen LogP contribution in [0, 0.1) is 0 Å². The molecule has 0 radical (unpaired) electrons. The van der Waals surface area contributed by atoms with E-state index >= 15 is 0 Å². The van der Waals surface area contributed by atoms with E-state index in [1.807, 2.05) is 0 Å².